The highest BCUT2D eigenvalue weighted by Gasteiger charge is 2.25. The number of benzene rings is 2. The zero-order valence-electron chi connectivity index (χ0n) is 13.4. The van der Waals surface area contributed by atoms with Gasteiger partial charge in [0.05, 0.1) is 13.2 Å². The highest BCUT2D eigenvalue weighted by atomic mass is 35.5. The molecule has 0 aromatic heterocycles. The van der Waals surface area contributed by atoms with Gasteiger partial charge in [-0.25, -0.2) is 0 Å². The normalized spacial score (nSPS) is 11.4. The first kappa shape index (κ1) is 17.6. The largest absolute Gasteiger partial charge is 0.491 e. The third kappa shape index (κ3) is 5.73. The molecule has 5 heteroatoms. The molecule has 0 heterocycles. The Bertz CT molecular complexity index is 649. The maximum Gasteiger partial charge on any atom is 0.326 e. The summed E-state index contributed by atoms with van der Waals surface area (Å²) in [6.07, 6.45) is 0. The van der Waals surface area contributed by atoms with Gasteiger partial charge in [-0.2, -0.15) is 0 Å². The van der Waals surface area contributed by atoms with Crippen LogP contribution >= 0.6 is 11.6 Å². The van der Waals surface area contributed by atoms with Crippen LogP contribution in [0.3, 0.4) is 0 Å². The summed E-state index contributed by atoms with van der Waals surface area (Å²) in [6, 6.07) is 14.1. The molecule has 0 aliphatic rings. The summed E-state index contributed by atoms with van der Waals surface area (Å²) >= 11 is 5.82. The molecular weight excluding hydrogens is 316 g/mol. The lowest BCUT2D eigenvalue weighted by Gasteiger charge is -2.14. The van der Waals surface area contributed by atoms with E-state index in [0.29, 0.717) is 19.8 Å². The fourth-order valence-corrected chi connectivity index (χ4v) is 2.00. The molecule has 23 heavy (non-hydrogen) atoms. The second-order valence-corrected chi connectivity index (χ2v) is 6.52. The van der Waals surface area contributed by atoms with E-state index in [1.807, 2.05) is 36.4 Å². The summed E-state index contributed by atoms with van der Waals surface area (Å²) in [5.74, 6) is 0.359. The van der Waals surface area contributed by atoms with Crippen LogP contribution in [0.2, 0.25) is 0 Å². The Morgan fingerprint density at radius 3 is 2.43 bits per heavy atom. The lowest BCUT2D eigenvalue weighted by molar-refractivity contribution is -0.147. The van der Waals surface area contributed by atoms with Crippen molar-refractivity contribution in [2.45, 2.75) is 18.7 Å². The highest BCUT2D eigenvalue weighted by Crippen LogP contribution is 2.20. The number of carbonyl (C=O) groups excluding carboxylic acids is 1. The van der Waals surface area contributed by atoms with E-state index in [4.69, 9.17) is 25.8 Å². The van der Waals surface area contributed by atoms with Gasteiger partial charge in [0.15, 0.2) is 0 Å². The topological polar surface area (TPSA) is 44.8 Å². The van der Waals surface area contributed by atoms with Crippen LogP contribution in [-0.4, -0.2) is 37.3 Å². The van der Waals surface area contributed by atoms with E-state index in [2.05, 4.69) is 6.07 Å². The summed E-state index contributed by atoms with van der Waals surface area (Å²) in [4.78, 5) is 10.4. The SMILES string of the molecule is CC(C)(Cl)C(=O)OCCOCCOc1ccc2ccccc2c1. The number of alkyl halides is 1. The average Bonchev–Trinajstić information content (AvgIpc) is 2.52. The first-order chi connectivity index (χ1) is 11.0. The molecule has 0 atom stereocenters. The van der Waals surface area contributed by atoms with Gasteiger partial charge in [0.2, 0.25) is 0 Å². The Morgan fingerprint density at radius 2 is 1.70 bits per heavy atom. The quantitative estimate of drug-likeness (QED) is 0.418. The molecule has 2 aromatic carbocycles. The maximum atomic E-state index is 11.4. The highest BCUT2D eigenvalue weighted by molar-refractivity contribution is 6.33. The zero-order chi connectivity index (χ0) is 16.7. The number of esters is 1. The average molecular weight is 337 g/mol. The fourth-order valence-electron chi connectivity index (χ4n) is 1.94. The van der Waals surface area contributed by atoms with E-state index < -0.39 is 10.8 Å². The van der Waals surface area contributed by atoms with Gasteiger partial charge in [-0.1, -0.05) is 30.3 Å². The number of ether oxygens (including phenoxy) is 3. The van der Waals surface area contributed by atoms with Crippen molar-refractivity contribution in [3.05, 3.63) is 42.5 Å². The zero-order valence-corrected chi connectivity index (χ0v) is 14.1. The lowest BCUT2D eigenvalue weighted by atomic mass is 10.1. The Hall–Kier alpha value is -1.78. The van der Waals surface area contributed by atoms with Crippen molar-refractivity contribution in [2.24, 2.45) is 0 Å². The first-order valence-electron chi connectivity index (χ1n) is 7.52. The monoisotopic (exact) mass is 336 g/mol. The van der Waals surface area contributed by atoms with E-state index in [1.165, 1.54) is 5.39 Å². The number of fused-ring (bicyclic) bond motifs is 1. The third-order valence-electron chi connectivity index (χ3n) is 3.16. The Balaban J connectivity index is 1.62. The van der Waals surface area contributed by atoms with Gasteiger partial charge < -0.3 is 14.2 Å². The molecular formula is C18H21ClO4. The lowest BCUT2D eigenvalue weighted by Crippen LogP contribution is -2.28. The number of hydrogen-bond donors (Lipinski definition) is 0. The van der Waals surface area contributed by atoms with E-state index in [0.717, 1.165) is 11.1 Å². The second kappa shape index (κ2) is 8.18. The van der Waals surface area contributed by atoms with Gasteiger partial charge >= 0.3 is 5.97 Å². The molecule has 2 aromatic rings. The van der Waals surface area contributed by atoms with Crippen molar-refractivity contribution < 1.29 is 19.0 Å². The molecule has 0 aliphatic heterocycles. The molecule has 0 radical (unpaired) electrons. The molecule has 124 valence electrons. The maximum absolute atomic E-state index is 11.4. The van der Waals surface area contributed by atoms with E-state index in [-0.39, 0.29) is 6.61 Å². The van der Waals surface area contributed by atoms with E-state index in [9.17, 15) is 4.79 Å². The minimum Gasteiger partial charge on any atom is -0.491 e. The van der Waals surface area contributed by atoms with Crippen molar-refractivity contribution in [3.8, 4) is 5.75 Å². The molecule has 0 fully saturated rings. The number of hydrogen-bond acceptors (Lipinski definition) is 4. The predicted octanol–water partition coefficient (Wildman–Crippen LogP) is 3.80. The molecule has 4 nitrogen and oxygen atoms in total. The van der Waals surface area contributed by atoms with Crippen molar-refractivity contribution >= 4 is 28.3 Å². The Morgan fingerprint density at radius 1 is 1.00 bits per heavy atom. The van der Waals surface area contributed by atoms with E-state index in [1.54, 1.807) is 13.8 Å². The predicted molar refractivity (Wildman–Crippen MR) is 91.2 cm³/mol. The molecule has 0 spiro atoms. The molecule has 0 amide bonds. The molecule has 0 saturated carbocycles. The van der Waals surface area contributed by atoms with Crippen LogP contribution in [-0.2, 0) is 14.3 Å². The molecule has 0 aliphatic carbocycles. The second-order valence-electron chi connectivity index (χ2n) is 5.58. The first-order valence-corrected chi connectivity index (χ1v) is 7.90. The van der Waals surface area contributed by atoms with Crippen molar-refractivity contribution in [1.82, 2.24) is 0 Å². The molecule has 0 N–H and O–H groups in total. The van der Waals surface area contributed by atoms with Gasteiger partial charge in [-0.3, -0.25) is 4.79 Å². The molecule has 0 bridgehead atoms. The molecule has 0 unspecified atom stereocenters. The number of halogens is 1. The summed E-state index contributed by atoms with van der Waals surface area (Å²) < 4.78 is 16.0. The van der Waals surface area contributed by atoms with Crippen LogP contribution in [0.4, 0.5) is 0 Å². The Kier molecular flexibility index (Phi) is 6.25. The van der Waals surface area contributed by atoms with Crippen LogP contribution in [0, 0.1) is 0 Å². The molecule has 0 saturated heterocycles. The smallest absolute Gasteiger partial charge is 0.326 e. The van der Waals surface area contributed by atoms with Crippen molar-refractivity contribution in [1.29, 1.82) is 0 Å². The van der Waals surface area contributed by atoms with Gasteiger partial charge in [0.25, 0.3) is 0 Å². The van der Waals surface area contributed by atoms with E-state index >= 15 is 0 Å². The van der Waals surface area contributed by atoms with Crippen LogP contribution in [0.15, 0.2) is 42.5 Å². The van der Waals surface area contributed by atoms with Gasteiger partial charge in [0, 0.05) is 0 Å². The van der Waals surface area contributed by atoms with Crippen LogP contribution in [0.5, 0.6) is 5.75 Å². The van der Waals surface area contributed by atoms with Crippen molar-refractivity contribution in [3.63, 3.8) is 0 Å². The summed E-state index contributed by atoms with van der Waals surface area (Å²) in [5.41, 5.74) is 0. The van der Waals surface area contributed by atoms with Crippen LogP contribution in [0.1, 0.15) is 13.8 Å². The molecule has 2 rings (SSSR count). The van der Waals surface area contributed by atoms with Gasteiger partial charge in [-0.05, 0) is 36.8 Å². The summed E-state index contributed by atoms with van der Waals surface area (Å²) in [7, 11) is 0. The van der Waals surface area contributed by atoms with Crippen molar-refractivity contribution in [2.75, 3.05) is 26.4 Å². The Labute approximate surface area is 141 Å². The van der Waals surface area contributed by atoms with Gasteiger partial charge in [-0.15, -0.1) is 11.6 Å². The minimum atomic E-state index is -1.00. The number of carbonyl (C=O) groups is 1. The van der Waals surface area contributed by atoms with Gasteiger partial charge in [0.1, 0.15) is 23.8 Å². The third-order valence-corrected chi connectivity index (χ3v) is 3.32. The number of rotatable bonds is 8. The minimum absolute atomic E-state index is 0.185. The summed E-state index contributed by atoms with van der Waals surface area (Å²) in [6.45, 7) is 4.55. The standard InChI is InChI=1S/C18H21ClO4/c1-18(2,19)17(20)23-12-10-21-9-11-22-16-8-7-14-5-3-4-6-15(14)13-16/h3-8,13H,9-12H2,1-2H3. The summed E-state index contributed by atoms with van der Waals surface area (Å²) in [5, 5.41) is 2.32. The van der Waals surface area contributed by atoms with Crippen LogP contribution < -0.4 is 4.74 Å². The fraction of sp³-hybridized carbons (Fsp3) is 0.389. The van der Waals surface area contributed by atoms with Crippen LogP contribution in [0.25, 0.3) is 10.8 Å².